The van der Waals surface area contributed by atoms with Gasteiger partial charge in [0.1, 0.15) is 0 Å². The Morgan fingerprint density at radius 2 is 1.86 bits per heavy atom. The van der Waals surface area contributed by atoms with Gasteiger partial charge in [-0.1, -0.05) is 27.7 Å². The molecule has 0 saturated heterocycles. The van der Waals surface area contributed by atoms with Crippen LogP contribution in [0, 0.1) is 11.3 Å². The Labute approximate surface area is 141 Å². The summed E-state index contributed by atoms with van der Waals surface area (Å²) in [7, 11) is 1.73. The molecule has 0 bridgehead atoms. The lowest BCUT2D eigenvalue weighted by atomic mass is 9.71. The lowest BCUT2D eigenvalue weighted by Crippen LogP contribution is -2.31. The van der Waals surface area contributed by atoms with Crippen molar-refractivity contribution in [2.45, 2.75) is 65.8 Å². The van der Waals surface area contributed by atoms with Gasteiger partial charge in [0.25, 0.3) is 0 Å². The van der Waals surface area contributed by atoms with E-state index in [1.807, 2.05) is 12.3 Å². The predicted octanol–water partition coefficient (Wildman–Crippen LogP) is 5.09. The highest BCUT2D eigenvalue weighted by Gasteiger charge is 2.29. The molecule has 0 aromatic carbocycles. The van der Waals surface area contributed by atoms with E-state index < -0.39 is 0 Å². The van der Waals surface area contributed by atoms with E-state index in [1.165, 1.54) is 25.7 Å². The maximum atomic E-state index is 5.56. The number of nitrogens with zero attached hydrogens (tertiary/aromatic N) is 1. The van der Waals surface area contributed by atoms with E-state index in [9.17, 15) is 0 Å². The van der Waals surface area contributed by atoms with Crippen LogP contribution in [-0.4, -0.2) is 18.1 Å². The normalized spacial score (nSPS) is 21.9. The van der Waals surface area contributed by atoms with Gasteiger partial charge in [0.05, 0.1) is 18.5 Å². The number of ether oxygens (including phenoxy) is 1. The Kier molecular flexibility index (Phi) is 6.98. The second-order valence-corrected chi connectivity index (χ2v) is 7.25. The first kappa shape index (κ1) is 19.1. The summed E-state index contributed by atoms with van der Waals surface area (Å²) in [5, 5.41) is 3.68. The second-order valence-electron chi connectivity index (χ2n) is 7.25. The maximum Gasteiger partial charge on any atom is 0.163 e. The zero-order valence-electron chi connectivity index (χ0n) is 14.6. The average molecular weight is 327 g/mol. The van der Waals surface area contributed by atoms with E-state index in [2.05, 4.69) is 38.0 Å². The van der Waals surface area contributed by atoms with Gasteiger partial charge in [-0.3, -0.25) is 4.98 Å². The van der Waals surface area contributed by atoms with Crippen LogP contribution in [0.2, 0.25) is 0 Å². The highest BCUT2D eigenvalue weighted by molar-refractivity contribution is 5.85. The van der Waals surface area contributed by atoms with Crippen LogP contribution < -0.4 is 10.1 Å². The number of methoxy groups -OCH3 is 1. The molecular formula is C18H31ClN2O. The Hall–Kier alpha value is -0.960. The molecule has 1 aliphatic rings. The fourth-order valence-electron chi connectivity index (χ4n) is 3.41. The Bertz CT molecular complexity index is 463. The third kappa shape index (κ3) is 4.52. The van der Waals surface area contributed by atoms with Crippen LogP contribution in [0.5, 0.6) is 5.75 Å². The van der Waals surface area contributed by atoms with Crippen molar-refractivity contribution in [3.63, 3.8) is 0 Å². The summed E-state index contributed by atoms with van der Waals surface area (Å²) < 4.78 is 5.56. The number of aromatic nitrogens is 1. The Morgan fingerprint density at radius 3 is 2.36 bits per heavy atom. The van der Waals surface area contributed by atoms with Gasteiger partial charge < -0.3 is 10.1 Å². The summed E-state index contributed by atoms with van der Waals surface area (Å²) in [5.41, 5.74) is 2.57. The largest absolute Gasteiger partial charge is 0.493 e. The SMILES string of the molecule is CCc1nccc(N[C@H]2CC[C@@H](C(C)(C)C)CC2)c1OC.Cl. The van der Waals surface area contributed by atoms with Crippen LogP contribution in [0.15, 0.2) is 12.3 Å². The molecule has 126 valence electrons. The number of aryl methyl sites for hydroxylation is 1. The first-order valence-corrected chi connectivity index (χ1v) is 8.24. The molecule has 0 unspecified atom stereocenters. The van der Waals surface area contributed by atoms with Gasteiger partial charge in [-0.25, -0.2) is 0 Å². The smallest absolute Gasteiger partial charge is 0.163 e. The predicted molar refractivity (Wildman–Crippen MR) is 96.2 cm³/mol. The lowest BCUT2D eigenvalue weighted by Gasteiger charge is -2.37. The van der Waals surface area contributed by atoms with E-state index in [-0.39, 0.29) is 12.4 Å². The highest BCUT2D eigenvalue weighted by atomic mass is 35.5. The fraction of sp³-hybridized carbons (Fsp3) is 0.722. The van der Waals surface area contributed by atoms with Crippen molar-refractivity contribution in [2.24, 2.45) is 11.3 Å². The number of nitrogens with one attached hydrogen (secondary N) is 1. The molecule has 4 heteroatoms. The van der Waals surface area contributed by atoms with Crippen molar-refractivity contribution in [3.05, 3.63) is 18.0 Å². The number of hydrogen-bond acceptors (Lipinski definition) is 3. The van der Waals surface area contributed by atoms with Gasteiger partial charge in [0.2, 0.25) is 0 Å². The fourth-order valence-corrected chi connectivity index (χ4v) is 3.41. The van der Waals surface area contributed by atoms with Gasteiger partial charge in [-0.05, 0) is 49.5 Å². The van der Waals surface area contributed by atoms with Crippen LogP contribution in [0.1, 0.15) is 59.1 Å². The minimum absolute atomic E-state index is 0. The summed E-state index contributed by atoms with van der Waals surface area (Å²) in [5.74, 6) is 1.76. The average Bonchev–Trinajstić information content (AvgIpc) is 2.46. The zero-order chi connectivity index (χ0) is 15.5. The number of halogens is 1. The van der Waals surface area contributed by atoms with Crippen LogP contribution in [-0.2, 0) is 6.42 Å². The quantitative estimate of drug-likeness (QED) is 0.836. The Morgan fingerprint density at radius 1 is 1.23 bits per heavy atom. The van der Waals surface area contributed by atoms with Gasteiger partial charge >= 0.3 is 0 Å². The minimum atomic E-state index is 0. The van der Waals surface area contributed by atoms with Gasteiger partial charge in [-0.2, -0.15) is 0 Å². The number of hydrogen-bond donors (Lipinski definition) is 1. The van der Waals surface area contributed by atoms with E-state index in [0.29, 0.717) is 11.5 Å². The molecule has 0 spiro atoms. The maximum absolute atomic E-state index is 5.56. The molecule has 1 heterocycles. The molecule has 0 radical (unpaired) electrons. The third-order valence-electron chi connectivity index (χ3n) is 4.83. The van der Waals surface area contributed by atoms with E-state index in [1.54, 1.807) is 7.11 Å². The first-order valence-electron chi connectivity index (χ1n) is 8.24. The molecule has 0 aliphatic heterocycles. The highest BCUT2D eigenvalue weighted by Crippen LogP contribution is 2.39. The molecule has 1 aromatic heterocycles. The molecule has 1 saturated carbocycles. The summed E-state index contributed by atoms with van der Waals surface area (Å²) in [6.07, 6.45) is 7.90. The van der Waals surface area contributed by atoms with Gasteiger partial charge in [0, 0.05) is 12.2 Å². The van der Waals surface area contributed by atoms with Crippen molar-refractivity contribution in [2.75, 3.05) is 12.4 Å². The monoisotopic (exact) mass is 326 g/mol. The second kappa shape index (κ2) is 8.05. The number of rotatable bonds is 4. The molecule has 22 heavy (non-hydrogen) atoms. The third-order valence-corrected chi connectivity index (χ3v) is 4.83. The molecule has 1 N–H and O–H groups in total. The first-order chi connectivity index (χ1) is 9.95. The number of pyridine rings is 1. The van der Waals surface area contributed by atoms with E-state index in [4.69, 9.17) is 4.74 Å². The minimum Gasteiger partial charge on any atom is -0.493 e. The van der Waals surface area contributed by atoms with Crippen LogP contribution in [0.3, 0.4) is 0 Å². The van der Waals surface area contributed by atoms with Crippen molar-refractivity contribution in [3.8, 4) is 5.75 Å². The van der Waals surface area contributed by atoms with Crippen molar-refractivity contribution >= 4 is 18.1 Å². The molecule has 2 rings (SSSR count). The summed E-state index contributed by atoms with van der Waals surface area (Å²) in [6, 6.07) is 2.60. The van der Waals surface area contributed by atoms with Crippen molar-refractivity contribution in [1.29, 1.82) is 0 Å². The molecule has 3 nitrogen and oxygen atoms in total. The topological polar surface area (TPSA) is 34.2 Å². The van der Waals surface area contributed by atoms with E-state index >= 15 is 0 Å². The van der Waals surface area contributed by atoms with Crippen LogP contribution in [0.4, 0.5) is 5.69 Å². The van der Waals surface area contributed by atoms with Crippen LogP contribution in [0.25, 0.3) is 0 Å². The Balaban J connectivity index is 0.00000242. The summed E-state index contributed by atoms with van der Waals surface area (Å²) >= 11 is 0. The van der Waals surface area contributed by atoms with Crippen molar-refractivity contribution in [1.82, 2.24) is 4.98 Å². The van der Waals surface area contributed by atoms with Gasteiger partial charge in [-0.15, -0.1) is 12.4 Å². The van der Waals surface area contributed by atoms with E-state index in [0.717, 1.165) is 29.5 Å². The summed E-state index contributed by atoms with van der Waals surface area (Å²) in [6.45, 7) is 9.21. The zero-order valence-corrected chi connectivity index (χ0v) is 15.4. The van der Waals surface area contributed by atoms with Crippen LogP contribution >= 0.6 is 12.4 Å². The van der Waals surface area contributed by atoms with Gasteiger partial charge in [0.15, 0.2) is 5.75 Å². The molecule has 0 amide bonds. The van der Waals surface area contributed by atoms with Crippen molar-refractivity contribution < 1.29 is 4.74 Å². The molecule has 1 aliphatic carbocycles. The standard InChI is InChI=1S/C18H30N2O.ClH/c1-6-15-17(21-5)16(11-12-19-15)20-14-9-7-13(8-10-14)18(2,3)4;/h11-14H,6-10H2,1-5H3,(H,19,20);1H/t13-,14+;. The summed E-state index contributed by atoms with van der Waals surface area (Å²) in [4.78, 5) is 4.40. The molecule has 1 fully saturated rings. The molecule has 1 aromatic rings. The molecule has 0 atom stereocenters. The molecular weight excluding hydrogens is 296 g/mol. The lowest BCUT2D eigenvalue weighted by molar-refractivity contribution is 0.173. The number of anilines is 1.